The fraction of sp³-hybridized carbons (Fsp3) is 0.650. The van der Waals surface area contributed by atoms with Gasteiger partial charge in [-0.1, -0.05) is 26.0 Å². The molecule has 0 saturated heterocycles. The molecule has 23 heavy (non-hydrogen) atoms. The van der Waals surface area contributed by atoms with Gasteiger partial charge in [0.15, 0.2) is 0 Å². The Balaban J connectivity index is 1.45. The van der Waals surface area contributed by atoms with E-state index in [4.69, 9.17) is 9.47 Å². The number of ether oxygens (including phenoxy) is 2. The summed E-state index contributed by atoms with van der Waals surface area (Å²) in [6, 6.07) is 7.69. The Morgan fingerprint density at radius 3 is 2.39 bits per heavy atom. The first kappa shape index (κ1) is 15.0. The highest BCUT2D eigenvalue weighted by Crippen LogP contribution is 2.59. The van der Waals surface area contributed by atoms with Crippen LogP contribution in [0.15, 0.2) is 24.3 Å². The molecule has 0 N–H and O–H groups in total. The van der Waals surface area contributed by atoms with Crippen LogP contribution in [0.5, 0.6) is 5.75 Å². The zero-order chi connectivity index (χ0) is 16.0. The molecular formula is C20H26O3. The standard InChI is InChI=1S/C20H26O3/c1-3-14-4-6-18(7-5-14)22-19(21)23-20-11-15-8-16(12-20)10-17(9-15)13(20)2/h4-7,13,15-17H,3,8-12H2,1-2H3. The van der Waals surface area contributed by atoms with Crippen LogP contribution in [0.3, 0.4) is 0 Å². The Bertz CT molecular complexity index is 577. The number of rotatable bonds is 3. The van der Waals surface area contributed by atoms with Gasteiger partial charge in [0.2, 0.25) is 0 Å². The zero-order valence-corrected chi connectivity index (χ0v) is 14.1. The number of hydrogen-bond acceptors (Lipinski definition) is 3. The molecule has 0 aromatic heterocycles. The van der Waals surface area contributed by atoms with Crippen molar-refractivity contribution in [3.05, 3.63) is 29.8 Å². The van der Waals surface area contributed by atoms with Gasteiger partial charge in [-0.05, 0) is 79.9 Å². The molecule has 0 spiro atoms. The van der Waals surface area contributed by atoms with Crippen molar-refractivity contribution in [3.63, 3.8) is 0 Å². The number of carbonyl (C=O) groups excluding carboxylic acids is 1. The molecule has 5 rings (SSSR count). The molecule has 4 saturated carbocycles. The molecule has 3 atom stereocenters. The molecule has 124 valence electrons. The lowest BCUT2D eigenvalue weighted by Crippen LogP contribution is -2.58. The summed E-state index contributed by atoms with van der Waals surface area (Å²) in [7, 11) is 0. The third-order valence-corrected chi connectivity index (χ3v) is 6.56. The van der Waals surface area contributed by atoms with Crippen molar-refractivity contribution in [2.24, 2.45) is 23.7 Å². The Morgan fingerprint density at radius 2 is 1.78 bits per heavy atom. The third kappa shape index (κ3) is 2.64. The second-order valence-electron chi connectivity index (χ2n) is 7.91. The molecule has 3 unspecified atom stereocenters. The highest BCUT2D eigenvalue weighted by Gasteiger charge is 2.57. The third-order valence-electron chi connectivity index (χ3n) is 6.56. The van der Waals surface area contributed by atoms with Crippen molar-refractivity contribution in [2.75, 3.05) is 0 Å². The second-order valence-corrected chi connectivity index (χ2v) is 7.91. The van der Waals surface area contributed by atoms with E-state index in [1.807, 2.05) is 24.3 Å². The lowest BCUT2D eigenvalue weighted by molar-refractivity contribution is -0.172. The van der Waals surface area contributed by atoms with Gasteiger partial charge in [-0.2, -0.15) is 0 Å². The lowest BCUT2D eigenvalue weighted by Gasteiger charge is -2.59. The topological polar surface area (TPSA) is 35.5 Å². The van der Waals surface area contributed by atoms with Crippen molar-refractivity contribution >= 4 is 6.16 Å². The second kappa shape index (κ2) is 5.54. The maximum Gasteiger partial charge on any atom is 0.514 e. The number of carbonyl (C=O) groups is 1. The highest BCUT2D eigenvalue weighted by atomic mass is 16.7. The van der Waals surface area contributed by atoms with Gasteiger partial charge in [-0.25, -0.2) is 4.79 Å². The Kier molecular flexibility index (Phi) is 3.62. The molecule has 0 amide bonds. The van der Waals surface area contributed by atoms with Crippen LogP contribution in [-0.2, 0) is 11.2 Å². The van der Waals surface area contributed by atoms with Crippen LogP contribution in [0, 0.1) is 23.7 Å². The summed E-state index contributed by atoms with van der Waals surface area (Å²) in [6.07, 6.45) is 6.52. The molecule has 4 fully saturated rings. The van der Waals surface area contributed by atoms with Gasteiger partial charge in [-0.15, -0.1) is 0 Å². The van der Waals surface area contributed by atoms with Gasteiger partial charge in [0.1, 0.15) is 11.4 Å². The van der Waals surface area contributed by atoms with E-state index in [1.165, 1.54) is 24.8 Å². The van der Waals surface area contributed by atoms with Crippen molar-refractivity contribution in [1.29, 1.82) is 0 Å². The summed E-state index contributed by atoms with van der Waals surface area (Å²) in [4.78, 5) is 12.4. The van der Waals surface area contributed by atoms with E-state index < -0.39 is 6.16 Å². The number of hydrogen-bond donors (Lipinski definition) is 0. The Hall–Kier alpha value is -1.51. The normalized spacial score (nSPS) is 37.7. The number of aryl methyl sites for hydroxylation is 1. The summed E-state index contributed by atoms with van der Waals surface area (Å²) < 4.78 is 11.4. The zero-order valence-electron chi connectivity index (χ0n) is 14.1. The summed E-state index contributed by atoms with van der Waals surface area (Å²) >= 11 is 0. The van der Waals surface area contributed by atoms with Gasteiger partial charge in [0.25, 0.3) is 0 Å². The molecule has 0 radical (unpaired) electrons. The van der Waals surface area contributed by atoms with Crippen LogP contribution in [0.2, 0.25) is 0 Å². The lowest BCUT2D eigenvalue weighted by atomic mass is 9.50. The summed E-state index contributed by atoms with van der Waals surface area (Å²) in [5.74, 6) is 3.27. The molecule has 1 aromatic rings. The van der Waals surface area contributed by atoms with E-state index in [2.05, 4.69) is 13.8 Å². The number of benzene rings is 1. The highest BCUT2D eigenvalue weighted by molar-refractivity contribution is 5.64. The molecule has 0 heterocycles. The van der Waals surface area contributed by atoms with Crippen molar-refractivity contribution in [1.82, 2.24) is 0 Å². The first-order valence-corrected chi connectivity index (χ1v) is 9.08. The van der Waals surface area contributed by atoms with Gasteiger partial charge in [-0.3, -0.25) is 0 Å². The van der Waals surface area contributed by atoms with Gasteiger partial charge in [0, 0.05) is 0 Å². The minimum atomic E-state index is -0.525. The van der Waals surface area contributed by atoms with Gasteiger partial charge < -0.3 is 9.47 Å². The molecule has 4 bridgehead atoms. The molecule has 3 nitrogen and oxygen atoms in total. The first-order valence-electron chi connectivity index (χ1n) is 9.08. The van der Waals surface area contributed by atoms with Crippen LogP contribution in [0.25, 0.3) is 0 Å². The first-order chi connectivity index (χ1) is 11.1. The predicted octanol–water partition coefficient (Wildman–Crippen LogP) is 4.98. The molecule has 0 aliphatic heterocycles. The van der Waals surface area contributed by atoms with Gasteiger partial charge in [0.05, 0.1) is 0 Å². The maximum absolute atomic E-state index is 12.4. The fourth-order valence-electron chi connectivity index (χ4n) is 5.47. The Morgan fingerprint density at radius 1 is 1.13 bits per heavy atom. The summed E-state index contributed by atoms with van der Waals surface area (Å²) in [5, 5.41) is 0. The minimum Gasteiger partial charge on any atom is -0.427 e. The van der Waals surface area contributed by atoms with Crippen LogP contribution in [0.4, 0.5) is 4.79 Å². The van der Waals surface area contributed by atoms with Crippen molar-refractivity contribution in [2.45, 2.75) is 58.0 Å². The van der Waals surface area contributed by atoms with E-state index >= 15 is 0 Å². The molecule has 4 aliphatic rings. The van der Waals surface area contributed by atoms with E-state index in [-0.39, 0.29) is 5.60 Å². The smallest absolute Gasteiger partial charge is 0.427 e. The van der Waals surface area contributed by atoms with Crippen LogP contribution < -0.4 is 4.74 Å². The Labute approximate surface area is 138 Å². The van der Waals surface area contributed by atoms with Crippen molar-refractivity contribution < 1.29 is 14.3 Å². The van der Waals surface area contributed by atoms with E-state index in [0.717, 1.165) is 37.0 Å². The molecule has 1 aromatic carbocycles. The fourth-order valence-corrected chi connectivity index (χ4v) is 5.47. The van der Waals surface area contributed by atoms with Crippen LogP contribution in [0.1, 0.15) is 51.5 Å². The summed E-state index contributed by atoms with van der Waals surface area (Å²) in [5.41, 5.74) is 0.968. The SMILES string of the molecule is CCc1ccc(OC(=O)OC23CC4CC(CC(C4)C2C)C3)cc1. The predicted molar refractivity (Wildman–Crippen MR) is 88.4 cm³/mol. The van der Waals surface area contributed by atoms with Crippen LogP contribution >= 0.6 is 0 Å². The average molecular weight is 314 g/mol. The van der Waals surface area contributed by atoms with Gasteiger partial charge >= 0.3 is 6.16 Å². The molecule has 3 heteroatoms. The van der Waals surface area contributed by atoms with E-state index in [0.29, 0.717) is 11.7 Å². The largest absolute Gasteiger partial charge is 0.514 e. The van der Waals surface area contributed by atoms with E-state index in [1.54, 1.807) is 0 Å². The molecular weight excluding hydrogens is 288 g/mol. The summed E-state index contributed by atoms with van der Waals surface area (Å²) in [6.45, 7) is 4.38. The van der Waals surface area contributed by atoms with E-state index in [9.17, 15) is 4.79 Å². The quantitative estimate of drug-likeness (QED) is 0.583. The minimum absolute atomic E-state index is 0.269. The van der Waals surface area contributed by atoms with Crippen LogP contribution in [-0.4, -0.2) is 11.8 Å². The average Bonchev–Trinajstić information content (AvgIpc) is 2.52. The maximum atomic E-state index is 12.4. The van der Waals surface area contributed by atoms with Crippen molar-refractivity contribution in [3.8, 4) is 5.75 Å². The monoisotopic (exact) mass is 314 g/mol. The molecule has 4 aliphatic carbocycles.